The number of pyridine rings is 1. The smallest absolute Gasteiger partial charge is 0.143 e. The van der Waals surface area contributed by atoms with Gasteiger partial charge in [0.1, 0.15) is 10.7 Å². The van der Waals surface area contributed by atoms with Crippen LogP contribution in [0.1, 0.15) is 4.88 Å². The van der Waals surface area contributed by atoms with E-state index >= 15 is 0 Å². The van der Waals surface area contributed by atoms with Gasteiger partial charge in [0.25, 0.3) is 0 Å². The van der Waals surface area contributed by atoms with E-state index in [0.717, 1.165) is 4.88 Å². The maximum atomic E-state index is 8.91. The fraction of sp³-hybridized carbons (Fsp3) is 0.111. The molecule has 0 saturated carbocycles. The van der Waals surface area contributed by atoms with Gasteiger partial charge in [0, 0.05) is 12.4 Å². The van der Waals surface area contributed by atoms with Crippen molar-refractivity contribution in [3.63, 3.8) is 0 Å². The van der Waals surface area contributed by atoms with Gasteiger partial charge in [-0.25, -0.2) is 4.98 Å². The second-order valence-corrected chi connectivity index (χ2v) is 4.73. The van der Waals surface area contributed by atoms with Gasteiger partial charge < -0.3 is 5.11 Å². The van der Waals surface area contributed by atoms with Crippen molar-refractivity contribution in [2.75, 3.05) is 0 Å². The first kappa shape index (κ1) is 10.8. The lowest BCUT2D eigenvalue weighted by molar-refractivity contribution is 0.285. The van der Waals surface area contributed by atoms with Gasteiger partial charge >= 0.3 is 0 Å². The first-order valence-electron chi connectivity index (χ1n) is 4.07. The summed E-state index contributed by atoms with van der Waals surface area (Å²) in [7, 11) is 0. The molecule has 0 aliphatic rings. The summed E-state index contributed by atoms with van der Waals surface area (Å²) < 4.78 is 0. The Morgan fingerprint density at radius 1 is 1.27 bits per heavy atom. The van der Waals surface area contributed by atoms with E-state index in [1.54, 1.807) is 12.3 Å². The van der Waals surface area contributed by atoms with Crippen molar-refractivity contribution in [3.8, 4) is 10.7 Å². The van der Waals surface area contributed by atoms with E-state index in [4.69, 9.17) is 28.3 Å². The van der Waals surface area contributed by atoms with Crippen molar-refractivity contribution in [1.29, 1.82) is 0 Å². The number of hydrogen-bond donors (Lipinski definition) is 1. The number of thiazole rings is 1. The molecule has 0 aliphatic carbocycles. The summed E-state index contributed by atoms with van der Waals surface area (Å²) in [5.41, 5.74) is 0.589. The zero-order valence-electron chi connectivity index (χ0n) is 7.44. The SMILES string of the molecule is OCc1cnc(-c2ncc(Cl)cc2Cl)s1. The van der Waals surface area contributed by atoms with Gasteiger partial charge in [0.15, 0.2) is 0 Å². The summed E-state index contributed by atoms with van der Waals surface area (Å²) in [6.45, 7) is -0.0249. The number of aliphatic hydroxyl groups excluding tert-OH is 1. The van der Waals surface area contributed by atoms with Crippen LogP contribution in [0.4, 0.5) is 0 Å². The zero-order chi connectivity index (χ0) is 10.8. The molecule has 2 rings (SSSR count). The van der Waals surface area contributed by atoms with E-state index in [1.165, 1.54) is 17.5 Å². The van der Waals surface area contributed by atoms with E-state index < -0.39 is 0 Å². The van der Waals surface area contributed by atoms with Crippen molar-refractivity contribution in [1.82, 2.24) is 9.97 Å². The Morgan fingerprint density at radius 2 is 2.07 bits per heavy atom. The van der Waals surface area contributed by atoms with Gasteiger partial charge in [-0.2, -0.15) is 0 Å². The van der Waals surface area contributed by atoms with E-state index in [-0.39, 0.29) is 6.61 Å². The highest BCUT2D eigenvalue weighted by Gasteiger charge is 2.10. The number of aromatic nitrogens is 2. The van der Waals surface area contributed by atoms with Gasteiger partial charge in [-0.15, -0.1) is 11.3 Å². The highest BCUT2D eigenvalue weighted by atomic mass is 35.5. The minimum Gasteiger partial charge on any atom is -0.391 e. The molecule has 0 fully saturated rings. The van der Waals surface area contributed by atoms with Gasteiger partial charge in [-0.1, -0.05) is 23.2 Å². The van der Waals surface area contributed by atoms with Gasteiger partial charge in [0.05, 0.1) is 21.5 Å². The Bertz CT molecular complexity index is 487. The molecule has 0 amide bonds. The molecule has 2 aromatic heterocycles. The monoisotopic (exact) mass is 260 g/mol. The number of hydrogen-bond acceptors (Lipinski definition) is 4. The summed E-state index contributed by atoms with van der Waals surface area (Å²) in [4.78, 5) is 8.99. The molecule has 78 valence electrons. The molecular weight excluding hydrogens is 255 g/mol. The third-order valence-electron chi connectivity index (χ3n) is 1.72. The van der Waals surface area contributed by atoms with Crippen LogP contribution in [0.25, 0.3) is 10.7 Å². The molecule has 0 saturated heterocycles. The second kappa shape index (κ2) is 4.45. The van der Waals surface area contributed by atoms with Crippen LogP contribution in [0.5, 0.6) is 0 Å². The van der Waals surface area contributed by atoms with Gasteiger partial charge in [0.2, 0.25) is 0 Å². The van der Waals surface area contributed by atoms with Crippen molar-refractivity contribution in [2.45, 2.75) is 6.61 Å². The van der Waals surface area contributed by atoms with Crippen molar-refractivity contribution in [2.24, 2.45) is 0 Å². The number of aliphatic hydroxyl groups is 1. The minimum atomic E-state index is -0.0249. The van der Waals surface area contributed by atoms with Crippen LogP contribution in [-0.2, 0) is 6.61 Å². The molecule has 0 unspecified atom stereocenters. The molecule has 0 spiro atoms. The van der Waals surface area contributed by atoms with Crippen LogP contribution in [-0.4, -0.2) is 15.1 Å². The van der Waals surface area contributed by atoms with Crippen LogP contribution >= 0.6 is 34.5 Å². The van der Waals surface area contributed by atoms with Crippen molar-refractivity contribution < 1.29 is 5.11 Å². The molecule has 1 N–H and O–H groups in total. The Morgan fingerprint density at radius 3 is 2.67 bits per heavy atom. The maximum absolute atomic E-state index is 8.91. The molecule has 0 atom stereocenters. The molecule has 15 heavy (non-hydrogen) atoms. The van der Waals surface area contributed by atoms with E-state index in [9.17, 15) is 0 Å². The minimum absolute atomic E-state index is 0.0249. The highest BCUT2D eigenvalue weighted by molar-refractivity contribution is 7.15. The molecule has 0 bridgehead atoms. The topological polar surface area (TPSA) is 46.0 Å². The molecule has 3 nitrogen and oxygen atoms in total. The first-order valence-corrected chi connectivity index (χ1v) is 5.65. The Balaban J connectivity index is 2.44. The Kier molecular flexibility index (Phi) is 3.21. The van der Waals surface area contributed by atoms with Crippen LogP contribution in [0.3, 0.4) is 0 Å². The lowest BCUT2D eigenvalue weighted by Gasteiger charge is -1.98. The van der Waals surface area contributed by atoms with Crippen LogP contribution in [0, 0.1) is 0 Å². The summed E-state index contributed by atoms with van der Waals surface area (Å²) in [6, 6.07) is 1.62. The predicted octanol–water partition coefficient (Wildman–Crippen LogP) is 3.00. The molecule has 0 aromatic carbocycles. The average Bonchev–Trinajstić information content (AvgIpc) is 2.66. The van der Waals surface area contributed by atoms with Gasteiger partial charge in [-0.3, -0.25) is 4.98 Å². The van der Waals surface area contributed by atoms with E-state index in [1.807, 2.05) is 0 Å². The van der Waals surface area contributed by atoms with Crippen LogP contribution in [0.2, 0.25) is 10.0 Å². The molecule has 2 heterocycles. The normalized spacial score (nSPS) is 10.6. The fourth-order valence-corrected chi connectivity index (χ4v) is 2.37. The molecule has 2 aromatic rings. The fourth-order valence-electron chi connectivity index (χ4n) is 1.06. The number of rotatable bonds is 2. The lowest BCUT2D eigenvalue weighted by atomic mass is 10.3. The average molecular weight is 261 g/mol. The first-order chi connectivity index (χ1) is 7.20. The third-order valence-corrected chi connectivity index (χ3v) is 3.20. The largest absolute Gasteiger partial charge is 0.391 e. The standard InChI is InChI=1S/C9H6Cl2N2OS/c10-5-1-7(11)8(12-2-5)9-13-3-6(4-14)15-9/h1-3,14H,4H2. The quantitative estimate of drug-likeness (QED) is 0.903. The number of halogens is 2. The Hall–Kier alpha value is -0.680. The van der Waals surface area contributed by atoms with Crippen LogP contribution in [0.15, 0.2) is 18.5 Å². The third kappa shape index (κ3) is 2.29. The van der Waals surface area contributed by atoms with E-state index in [2.05, 4.69) is 9.97 Å². The van der Waals surface area contributed by atoms with Crippen molar-refractivity contribution >= 4 is 34.5 Å². The van der Waals surface area contributed by atoms with Crippen LogP contribution < -0.4 is 0 Å². The molecular formula is C9H6Cl2N2OS. The summed E-state index contributed by atoms with van der Waals surface area (Å²) in [5, 5.41) is 10.5. The second-order valence-electron chi connectivity index (χ2n) is 2.77. The summed E-state index contributed by atoms with van der Waals surface area (Å²) in [5.74, 6) is 0. The number of nitrogens with zero attached hydrogens (tertiary/aromatic N) is 2. The zero-order valence-corrected chi connectivity index (χ0v) is 9.77. The lowest BCUT2D eigenvalue weighted by Crippen LogP contribution is -1.83. The molecule has 0 radical (unpaired) electrons. The molecule has 6 heteroatoms. The van der Waals surface area contributed by atoms with E-state index in [0.29, 0.717) is 20.7 Å². The predicted molar refractivity (Wildman–Crippen MR) is 61.3 cm³/mol. The summed E-state index contributed by atoms with van der Waals surface area (Å²) >= 11 is 13.1. The van der Waals surface area contributed by atoms with Gasteiger partial charge in [-0.05, 0) is 6.07 Å². The molecule has 0 aliphatic heterocycles. The van der Waals surface area contributed by atoms with Crippen molar-refractivity contribution in [3.05, 3.63) is 33.4 Å². The Labute approximate surface area is 100 Å². The maximum Gasteiger partial charge on any atom is 0.143 e. The highest BCUT2D eigenvalue weighted by Crippen LogP contribution is 2.30. The summed E-state index contributed by atoms with van der Waals surface area (Å²) in [6.07, 6.45) is 3.12.